The van der Waals surface area contributed by atoms with Crippen LogP contribution < -0.4 is 10.6 Å². The minimum Gasteiger partial charge on any atom is -0.397 e. The number of hydrogen-bond acceptors (Lipinski definition) is 3. The minimum atomic E-state index is -0.139. The van der Waals surface area contributed by atoms with Crippen LogP contribution in [-0.4, -0.2) is 24.2 Å². The van der Waals surface area contributed by atoms with Crippen molar-refractivity contribution in [1.82, 2.24) is 0 Å². The monoisotopic (exact) mass is 284 g/mol. The van der Waals surface area contributed by atoms with Crippen molar-refractivity contribution in [3.8, 4) is 0 Å². The molecule has 0 unspecified atom stereocenters. The van der Waals surface area contributed by atoms with Crippen molar-refractivity contribution in [3.63, 3.8) is 0 Å². The van der Waals surface area contributed by atoms with E-state index in [-0.39, 0.29) is 19.1 Å². The molecule has 0 aliphatic rings. The van der Waals surface area contributed by atoms with Crippen molar-refractivity contribution in [2.75, 3.05) is 23.8 Å². The molecule has 2 rings (SSSR count). The molecule has 21 heavy (non-hydrogen) atoms. The first-order chi connectivity index (χ1) is 10.2. The summed E-state index contributed by atoms with van der Waals surface area (Å²) in [6.07, 6.45) is 0.777. The van der Waals surface area contributed by atoms with Crippen LogP contribution in [0.4, 0.5) is 11.4 Å². The third kappa shape index (κ3) is 3.23. The Labute approximate surface area is 124 Å². The molecule has 2 aromatic rings. The Kier molecular flexibility index (Phi) is 4.95. The number of para-hydroxylation sites is 2. The van der Waals surface area contributed by atoms with E-state index in [0.717, 1.165) is 12.0 Å². The van der Waals surface area contributed by atoms with Gasteiger partial charge >= 0.3 is 0 Å². The molecule has 2 aromatic carbocycles. The Bertz CT molecular complexity index is 626. The first-order valence-electron chi connectivity index (χ1n) is 7.04. The lowest BCUT2D eigenvalue weighted by Crippen LogP contribution is -2.34. The highest BCUT2D eigenvalue weighted by Gasteiger charge is 2.20. The Morgan fingerprint density at radius 2 is 1.81 bits per heavy atom. The van der Waals surface area contributed by atoms with Crippen LogP contribution >= 0.6 is 0 Å². The number of nitrogens with two attached hydrogens (primary N) is 1. The predicted octanol–water partition coefficient (Wildman–Crippen LogP) is 2.47. The number of anilines is 2. The lowest BCUT2D eigenvalue weighted by molar-refractivity contribution is 0.0980. The van der Waals surface area contributed by atoms with Crippen LogP contribution in [-0.2, 0) is 6.42 Å². The van der Waals surface area contributed by atoms with Gasteiger partial charge in [-0.25, -0.2) is 0 Å². The van der Waals surface area contributed by atoms with Gasteiger partial charge in [0.1, 0.15) is 0 Å². The zero-order valence-electron chi connectivity index (χ0n) is 12.1. The summed E-state index contributed by atoms with van der Waals surface area (Å²) in [5, 5.41) is 9.28. The van der Waals surface area contributed by atoms with Crippen molar-refractivity contribution in [2.24, 2.45) is 0 Å². The Morgan fingerprint density at radius 1 is 1.14 bits per heavy atom. The molecule has 0 atom stereocenters. The Balaban J connectivity index is 2.43. The Hall–Kier alpha value is -2.33. The predicted molar refractivity (Wildman–Crippen MR) is 85.4 cm³/mol. The third-order valence-electron chi connectivity index (χ3n) is 3.42. The molecular formula is C17H20N2O2. The van der Waals surface area contributed by atoms with Crippen LogP contribution in [0.25, 0.3) is 0 Å². The summed E-state index contributed by atoms with van der Waals surface area (Å²) in [6.45, 7) is 2.11. The van der Waals surface area contributed by atoms with E-state index in [1.165, 1.54) is 4.90 Å². The zero-order valence-corrected chi connectivity index (χ0v) is 12.1. The van der Waals surface area contributed by atoms with Crippen molar-refractivity contribution in [2.45, 2.75) is 13.3 Å². The van der Waals surface area contributed by atoms with E-state index < -0.39 is 0 Å². The summed E-state index contributed by atoms with van der Waals surface area (Å²) < 4.78 is 0. The second-order valence-corrected chi connectivity index (χ2v) is 4.75. The molecule has 4 nitrogen and oxygen atoms in total. The molecule has 0 bridgehead atoms. The van der Waals surface area contributed by atoms with Gasteiger partial charge in [-0.05, 0) is 30.2 Å². The molecule has 1 amide bonds. The summed E-state index contributed by atoms with van der Waals surface area (Å²) in [5.41, 5.74) is 8.75. The van der Waals surface area contributed by atoms with Crippen LogP contribution in [0.1, 0.15) is 22.8 Å². The lowest BCUT2D eigenvalue weighted by atomic mass is 10.0. The van der Waals surface area contributed by atoms with Gasteiger partial charge in [-0.2, -0.15) is 0 Å². The van der Waals surface area contributed by atoms with E-state index in [2.05, 4.69) is 0 Å². The van der Waals surface area contributed by atoms with E-state index in [0.29, 0.717) is 16.9 Å². The topological polar surface area (TPSA) is 66.6 Å². The number of aryl methyl sites for hydroxylation is 1. The van der Waals surface area contributed by atoms with Gasteiger partial charge in [0.15, 0.2) is 0 Å². The number of nitrogens with zero attached hydrogens (tertiary/aromatic N) is 1. The van der Waals surface area contributed by atoms with Gasteiger partial charge in [-0.1, -0.05) is 37.3 Å². The highest BCUT2D eigenvalue weighted by Crippen LogP contribution is 2.25. The molecule has 0 fully saturated rings. The van der Waals surface area contributed by atoms with E-state index in [4.69, 9.17) is 5.73 Å². The van der Waals surface area contributed by atoms with Gasteiger partial charge < -0.3 is 15.7 Å². The van der Waals surface area contributed by atoms with Gasteiger partial charge in [-0.15, -0.1) is 0 Å². The fraction of sp³-hybridized carbons (Fsp3) is 0.235. The van der Waals surface area contributed by atoms with Gasteiger partial charge in [-0.3, -0.25) is 4.79 Å². The molecule has 0 radical (unpaired) electrons. The van der Waals surface area contributed by atoms with Gasteiger partial charge in [0, 0.05) is 12.1 Å². The standard InChI is InChI=1S/C17H20N2O2/c1-2-13-7-3-4-8-14(13)17(21)19(11-12-20)16-10-6-5-9-15(16)18/h3-10,20H,2,11-12,18H2,1H3. The second kappa shape index (κ2) is 6.90. The second-order valence-electron chi connectivity index (χ2n) is 4.75. The van der Waals surface area contributed by atoms with Crippen molar-refractivity contribution < 1.29 is 9.90 Å². The average Bonchev–Trinajstić information content (AvgIpc) is 2.53. The van der Waals surface area contributed by atoms with Crippen LogP contribution in [0.5, 0.6) is 0 Å². The molecule has 3 N–H and O–H groups in total. The number of benzene rings is 2. The smallest absolute Gasteiger partial charge is 0.258 e. The lowest BCUT2D eigenvalue weighted by Gasteiger charge is -2.24. The summed E-state index contributed by atoms with van der Waals surface area (Å²) >= 11 is 0. The van der Waals surface area contributed by atoms with Crippen LogP contribution in [0, 0.1) is 0 Å². The summed E-state index contributed by atoms with van der Waals surface area (Å²) in [5.74, 6) is -0.139. The first-order valence-corrected chi connectivity index (χ1v) is 7.04. The number of aliphatic hydroxyl groups excluding tert-OH is 1. The van der Waals surface area contributed by atoms with Crippen LogP contribution in [0.15, 0.2) is 48.5 Å². The fourth-order valence-corrected chi connectivity index (χ4v) is 2.35. The number of hydrogen-bond donors (Lipinski definition) is 2. The largest absolute Gasteiger partial charge is 0.397 e. The van der Waals surface area contributed by atoms with Gasteiger partial charge in [0.25, 0.3) is 5.91 Å². The zero-order chi connectivity index (χ0) is 15.2. The quantitative estimate of drug-likeness (QED) is 0.829. The van der Waals surface area contributed by atoms with Crippen LogP contribution in [0.3, 0.4) is 0 Å². The molecule has 0 aliphatic carbocycles. The first kappa shape index (κ1) is 15.1. The SMILES string of the molecule is CCc1ccccc1C(=O)N(CCO)c1ccccc1N. The van der Waals surface area contributed by atoms with E-state index in [9.17, 15) is 9.90 Å². The Morgan fingerprint density at radius 3 is 2.48 bits per heavy atom. The average molecular weight is 284 g/mol. The van der Waals surface area contributed by atoms with E-state index >= 15 is 0 Å². The van der Waals surface area contributed by atoms with Crippen LogP contribution in [0.2, 0.25) is 0 Å². The number of carbonyl (C=O) groups is 1. The molecule has 0 spiro atoms. The number of amides is 1. The number of aliphatic hydroxyl groups is 1. The fourth-order valence-electron chi connectivity index (χ4n) is 2.35. The molecule has 0 aliphatic heterocycles. The molecule has 0 aromatic heterocycles. The summed E-state index contributed by atoms with van der Waals surface area (Å²) in [6, 6.07) is 14.7. The molecular weight excluding hydrogens is 264 g/mol. The molecule has 4 heteroatoms. The minimum absolute atomic E-state index is 0.117. The summed E-state index contributed by atoms with van der Waals surface area (Å²) in [4.78, 5) is 14.4. The van der Waals surface area contributed by atoms with E-state index in [1.54, 1.807) is 12.1 Å². The highest BCUT2D eigenvalue weighted by atomic mass is 16.3. The number of rotatable bonds is 5. The van der Waals surface area contributed by atoms with Crippen molar-refractivity contribution in [3.05, 3.63) is 59.7 Å². The number of carbonyl (C=O) groups excluding carboxylic acids is 1. The molecule has 0 saturated heterocycles. The molecule has 0 saturated carbocycles. The summed E-state index contributed by atoms with van der Waals surface area (Å²) in [7, 11) is 0. The maximum atomic E-state index is 12.8. The van der Waals surface area contributed by atoms with Gasteiger partial charge in [0.2, 0.25) is 0 Å². The van der Waals surface area contributed by atoms with E-state index in [1.807, 2.05) is 43.3 Å². The number of nitrogen functional groups attached to an aromatic ring is 1. The molecule has 0 heterocycles. The maximum Gasteiger partial charge on any atom is 0.258 e. The molecule has 110 valence electrons. The normalized spacial score (nSPS) is 10.4. The van der Waals surface area contributed by atoms with Gasteiger partial charge in [0.05, 0.1) is 18.0 Å². The van der Waals surface area contributed by atoms with Crippen molar-refractivity contribution >= 4 is 17.3 Å². The maximum absolute atomic E-state index is 12.8. The highest BCUT2D eigenvalue weighted by molar-refractivity contribution is 6.08. The van der Waals surface area contributed by atoms with Crippen molar-refractivity contribution in [1.29, 1.82) is 0 Å². The third-order valence-corrected chi connectivity index (χ3v) is 3.42.